The Hall–Kier alpha value is -0.710. The van der Waals surface area contributed by atoms with Gasteiger partial charge in [-0.05, 0) is 58.7 Å². The molecule has 1 unspecified atom stereocenters. The summed E-state index contributed by atoms with van der Waals surface area (Å²) in [4.78, 5) is 0. The molecule has 0 fully saturated rings. The Morgan fingerprint density at radius 2 is 1.90 bits per heavy atom. The molecule has 0 amide bonds. The number of nitrogens with one attached hydrogen (secondary N) is 1. The van der Waals surface area contributed by atoms with E-state index in [0.717, 1.165) is 22.1 Å². The minimum atomic E-state index is -0.208. The van der Waals surface area contributed by atoms with Crippen LogP contribution in [0, 0.1) is 12.7 Å². The lowest BCUT2D eigenvalue weighted by molar-refractivity contribution is 0.553. The largest absolute Gasteiger partial charge is 0.306 e. The fourth-order valence-corrected chi connectivity index (χ4v) is 3.16. The van der Waals surface area contributed by atoms with Gasteiger partial charge in [0.05, 0.1) is 10.5 Å². The summed E-state index contributed by atoms with van der Waals surface area (Å²) >= 11 is 6.72. The molecule has 0 radical (unpaired) electrons. The maximum absolute atomic E-state index is 14.4. The van der Waals surface area contributed by atoms with Gasteiger partial charge < -0.3 is 5.32 Å². The van der Waals surface area contributed by atoms with E-state index in [1.165, 1.54) is 0 Å². The zero-order valence-electron chi connectivity index (χ0n) is 11.4. The van der Waals surface area contributed by atoms with Crippen LogP contribution in [0.25, 0.3) is 0 Å². The Morgan fingerprint density at radius 1 is 1.15 bits per heavy atom. The van der Waals surface area contributed by atoms with Crippen molar-refractivity contribution < 1.29 is 4.39 Å². The van der Waals surface area contributed by atoms with Crippen LogP contribution in [0.2, 0.25) is 0 Å². The molecule has 1 atom stereocenters. The van der Waals surface area contributed by atoms with Crippen molar-refractivity contribution >= 4 is 31.9 Å². The third-order valence-corrected chi connectivity index (χ3v) is 4.35. The molecule has 0 aromatic heterocycles. The van der Waals surface area contributed by atoms with Gasteiger partial charge in [-0.2, -0.15) is 0 Å². The van der Waals surface area contributed by atoms with Crippen LogP contribution in [0.15, 0.2) is 45.3 Å². The lowest BCUT2D eigenvalue weighted by atomic mass is 9.94. The predicted molar refractivity (Wildman–Crippen MR) is 88.5 cm³/mol. The second kappa shape index (κ2) is 6.83. The van der Waals surface area contributed by atoms with Gasteiger partial charge >= 0.3 is 0 Å². The zero-order valence-corrected chi connectivity index (χ0v) is 14.6. The van der Waals surface area contributed by atoms with E-state index in [1.54, 1.807) is 6.07 Å². The summed E-state index contributed by atoms with van der Waals surface area (Å²) < 4.78 is 15.9. The first kappa shape index (κ1) is 15.7. The van der Waals surface area contributed by atoms with Crippen molar-refractivity contribution in [1.82, 2.24) is 5.32 Å². The lowest BCUT2D eigenvalue weighted by Crippen LogP contribution is -2.23. The SMILES string of the molecule is CCNC(c1ccc(Br)cc1C)c1cccc(Br)c1F. The maximum Gasteiger partial charge on any atom is 0.142 e. The Morgan fingerprint density at radius 3 is 2.55 bits per heavy atom. The standard InChI is InChI=1S/C16H16Br2FN/c1-3-20-16(12-8-7-11(17)9-10(12)2)13-5-4-6-14(18)15(13)19/h4-9,16,20H,3H2,1-2H3. The van der Waals surface area contributed by atoms with Crippen molar-refractivity contribution in [2.24, 2.45) is 0 Å². The van der Waals surface area contributed by atoms with Crippen LogP contribution >= 0.6 is 31.9 Å². The molecule has 20 heavy (non-hydrogen) atoms. The molecule has 0 aliphatic rings. The van der Waals surface area contributed by atoms with Crippen LogP contribution in [0.3, 0.4) is 0 Å². The summed E-state index contributed by atoms with van der Waals surface area (Å²) in [6.07, 6.45) is 0. The molecule has 2 aromatic carbocycles. The monoisotopic (exact) mass is 399 g/mol. The molecule has 4 heteroatoms. The average molecular weight is 401 g/mol. The molecule has 0 spiro atoms. The van der Waals surface area contributed by atoms with E-state index in [2.05, 4.69) is 43.2 Å². The van der Waals surface area contributed by atoms with Gasteiger partial charge in [-0.25, -0.2) is 4.39 Å². The molecular weight excluding hydrogens is 385 g/mol. The van der Waals surface area contributed by atoms with Gasteiger partial charge in [0.25, 0.3) is 0 Å². The molecule has 1 nitrogen and oxygen atoms in total. The highest BCUT2D eigenvalue weighted by atomic mass is 79.9. The van der Waals surface area contributed by atoms with Gasteiger partial charge in [0.1, 0.15) is 5.82 Å². The van der Waals surface area contributed by atoms with E-state index in [-0.39, 0.29) is 11.9 Å². The van der Waals surface area contributed by atoms with Crippen molar-refractivity contribution in [3.8, 4) is 0 Å². The van der Waals surface area contributed by atoms with Crippen molar-refractivity contribution in [1.29, 1.82) is 0 Å². The van der Waals surface area contributed by atoms with E-state index >= 15 is 0 Å². The minimum absolute atomic E-state index is 0.148. The van der Waals surface area contributed by atoms with Crippen LogP contribution < -0.4 is 5.32 Å². The molecule has 0 aliphatic carbocycles. The topological polar surface area (TPSA) is 12.0 Å². The molecular formula is C16H16Br2FN. The highest BCUT2D eigenvalue weighted by Gasteiger charge is 2.20. The Kier molecular flexibility index (Phi) is 5.35. The summed E-state index contributed by atoms with van der Waals surface area (Å²) in [7, 11) is 0. The number of benzene rings is 2. The summed E-state index contributed by atoms with van der Waals surface area (Å²) in [5.74, 6) is -0.208. The molecule has 106 valence electrons. The minimum Gasteiger partial charge on any atom is -0.306 e. The van der Waals surface area contributed by atoms with Crippen LogP contribution in [0.4, 0.5) is 4.39 Å². The van der Waals surface area contributed by atoms with Crippen LogP contribution in [-0.2, 0) is 0 Å². The van der Waals surface area contributed by atoms with Crippen LogP contribution in [0.1, 0.15) is 29.7 Å². The number of aryl methyl sites for hydroxylation is 1. The maximum atomic E-state index is 14.4. The second-order valence-corrected chi connectivity index (χ2v) is 6.40. The van der Waals surface area contributed by atoms with Crippen LogP contribution in [0.5, 0.6) is 0 Å². The zero-order chi connectivity index (χ0) is 14.7. The van der Waals surface area contributed by atoms with Gasteiger partial charge in [0.15, 0.2) is 0 Å². The second-order valence-electron chi connectivity index (χ2n) is 4.63. The number of hydrogen-bond donors (Lipinski definition) is 1. The fourth-order valence-electron chi connectivity index (χ4n) is 2.30. The first-order valence-corrected chi connectivity index (χ1v) is 8.06. The van der Waals surface area contributed by atoms with Gasteiger partial charge in [0.2, 0.25) is 0 Å². The molecule has 0 heterocycles. The summed E-state index contributed by atoms with van der Waals surface area (Å²) in [5.41, 5.74) is 2.88. The third kappa shape index (κ3) is 3.30. The van der Waals surface area contributed by atoms with Gasteiger partial charge in [0, 0.05) is 10.0 Å². The predicted octanol–water partition coefficient (Wildman–Crippen LogP) is 5.36. The fraction of sp³-hybridized carbons (Fsp3) is 0.250. The van der Waals surface area contributed by atoms with Gasteiger partial charge in [-0.1, -0.05) is 41.1 Å². The first-order valence-electron chi connectivity index (χ1n) is 6.48. The van der Waals surface area contributed by atoms with Crippen molar-refractivity contribution in [3.05, 3.63) is 67.9 Å². The summed E-state index contributed by atoms with van der Waals surface area (Å²) in [6, 6.07) is 11.3. The van der Waals surface area contributed by atoms with Gasteiger partial charge in [-0.15, -0.1) is 0 Å². The highest BCUT2D eigenvalue weighted by Crippen LogP contribution is 2.31. The normalized spacial score (nSPS) is 12.4. The number of rotatable bonds is 4. The van der Waals surface area contributed by atoms with Crippen molar-refractivity contribution in [3.63, 3.8) is 0 Å². The molecule has 1 N–H and O–H groups in total. The first-order chi connectivity index (χ1) is 9.54. The molecule has 2 aromatic rings. The summed E-state index contributed by atoms with van der Waals surface area (Å²) in [5, 5.41) is 3.37. The lowest BCUT2D eigenvalue weighted by Gasteiger charge is -2.22. The number of hydrogen-bond acceptors (Lipinski definition) is 1. The quantitative estimate of drug-likeness (QED) is 0.728. The van der Waals surface area contributed by atoms with E-state index in [9.17, 15) is 4.39 Å². The van der Waals surface area contributed by atoms with Crippen LogP contribution in [-0.4, -0.2) is 6.54 Å². The average Bonchev–Trinajstić information content (AvgIpc) is 2.40. The van der Waals surface area contributed by atoms with Crippen molar-refractivity contribution in [2.75, 3.05) is 6.54 Å². The smallest absolute Gasteiger partial charge is 0.142 e. The van der Waals surface area contributed by atoms with E-state index in [4.69, 9.17) is 0 Å². The Balaban J connectivity index is 2.53. The molecule has 0 aliphatic heterocycles. The number of halogens is 3. The van der Waals surface area contributed by atoms with Gasteiger partial charge in [-0.3, -0.25) is 0 Å². The third-order valence-electron chi connectivity index (χ3n) is 3.24. The van der Waals surface area contributed by atoms with E-state index in [1.807, 2.05) is 38.1 Å². The Labute approximate surface area is 135 Å². The summed E-state index contributed by atoms with van der Waals surface area (Å²) in [6.45, 7) is 4.84. The molecule has 2 rings (SSSR count). The van der Waals surface area contributed by atoms with E-state index < -0.39 is 0 Å². The molecule has 0 saturated heterocycles. The highest BCUT2D eigenvalue weighted by molar-refractivity contribution is 9.10. The molecule has 0 saturated carbocycles. The molecule has 0 bridgehead atoms. The van der Waals surface area contributed by atoms with E-state index in [0.29, 0.717) is 10.0 Å². The Bertz CT molecular complexity index is 613. The van der Waals surface area contributed by atoms with Crippen molar-refractivity contribution in [2.45, 2.75) is 19.9 Å².